The quantitative estimate of drug-likeness (QED) is 0.394. The third-order valence-electron chi connectivity index (χ3n) is 4.86. The molecule has 0 amide bonds. The Morgan fingerprint density at radius 1 is 1.46 bits per heavy atom. The lowest BCUT2D eigenvalue weighted by Gasteiger charge is -2.18. The third-order valence-corrected chi connectivity index (χ3v) is 7.02. The maximum atomic E-state index is 11.6. The summed E-state index contributed by atoms with van der Waals surface area (Å²) in [6, 6.07) is 0. The van der Waals surface area contributed by atoms with Gasteiger partial charge in [-0.05, 0) is 30.7 Å². The minimum absolute atomic E-state index is 0.190. The summed E-state index contributed by atoms with van der Waals surface area (Å²) in [7, 11) is 1.39. The molecule has 0 radical (unpaired) electrons. The number of esters is 1. The summed E-state index contributed by atoms with van der Waals surface area (Å²) in [5, 5.41) is 14.8. The molecule has 0 aromatic carbocycles. The molecule has 4 aromatic heterocycles. The highest BCUT2D eigenvalue weighted by atomic mass is 32.2. The predicted molar refractivity (Wildman–Crippen MR) is 99.0 cm³/mol. The van der Waals surface area contributed by atoms with Crippen LogP contribution < -0.4 is 0 Å². The van der Waals surface area contributed by atoms with Crippen molar-refractivity contribution in [2.75, 3.05) is 12.9 Å². The van der Waals surface area contributed by atoms with Gasteiger partial charge in [0.05, 0.1) is 18.2 Å². The second-order valence-electron chi connectivity index (χ2n) is 6.39. The number of nitrogens with zero attached hydrogens (tertiary/aromatic N) is 6. The van der Waals surface area contributed by atoms with Crippen molar-refractivity contribution < 1.29 is 9.53 Å². The van der Waals surface area contributed by atoms with Gasteiger partial charge in [0, 0.05) is 4.88 Å². The minimum atomic E-state index is -0.288. The van der Waals surface area contributed by atoms with Crippen molar-refractivity contribution in [1.29, 1.82) is 0 Å². The Morgan fingerprint density at radius 3 is 3.19 bits per heavy atom. The summed E-state index contributed by atoms with van der Waals surface area (Å²) < 4.78 is 8.49. The van der Waals surface area contributed by atoms with E-state index in [0.29, 0.717) is 16.9 Å². The van der Waals surface area contributed by atoms with E-state index < -0.39 is 0 Å². The van der Waals surface area contributed by atoms with Gasteiger partial charge in [-0.1, -0.05) is 18.7 Å². The van der Waals surface area contributed by atoms with Crippen molar-refractivity contribution in [3.63, 3.8) is 0 Å². The normalized spacial score (nSPS) is 17.2. The van der Waals surface area contributed by atoms with Crippen LogP contribution in [0.1, 0.15) is 36.1 Å². The molecule has 4 heterocycles. The first-order valence-electron chi connectivity index (χ1n) is 8.40. The second-order valence-corrected chi connectivity index (χ2v) is 8.42. The Balaban J connectivity index is 1.83. The standard InChI is InChI=1S/C16H16N6O2S2/c1-8-4-3-5-9-11(8)12-13-17-7-18-22(13)15-19-20-16(21(15)14(12)26-9)25-6-10(23)24-2/h7-8H,3-6H2,1-2H3/t8-/m1/s1. The van der Waals surface area contributed by atoms with Gasteiger partial charge in [0.1, 0.15) is 11.2 Å². The number of aromatic nitrogens is 6. The largest absolute Gasteiger partial charge is 0.468 e. The van der Waals surface area contributed by atoms with E-state index in [-0.39, 0.29) is 11.7 Å². The maximum Gasteiger partial charge on any atom is 0.316 e. The number of rotatable bonds is 3. The molecule has 0 bridgehead atoms. The van der Waals surface area contributed by atoms with E-state index >= 15 is 0 Å². The average molecular weight is 388 g/mol. The van der Waals surface area contributed by atoms with Crippen LogP contribution >= 0.6 is 23.1 Å². The molecule has 5 rings (SSSR count). The zero-order chi connectivity index (χ0) is 17.8. The van der Waals surface area contributed by atoms with Crippen molar-refractivity contribution in [3.05, 3.63) is 16.8 Å². The molecule has 1 atom stereocenters. The van der Waals surface area contributed by atoms with Crippen molar-refractivity contribution in [2.24, 2.45) is 0 Å². The summed E-state index contributed by atoms with van der Waals surface area (Å²) in [5.74, 6) is 1.01. The molecule has 0 fully saturated rings. The first-order chi connectivity index (χ1) is 12.7. The molecule has 134 valence electrons. The highest BCUT2D eigenvalue weighted by Gasteiger charge is 2.27. The average Bonchev–Trinajstić information content (AvgIpc) is 3.34. The van der Waals surface area contributed by atoms with E-state index in [1.165, 1.54) is 42.2 Å². The van der Waals surface area contributed by atoms with Gasteiger partial charge in [-0.2, -0.15) is 9.61 Å². The second kappa shape index (κ2) is 5.92. The van der Waals surface area contributed by atoms with Gasteiger partial charge in [-0.25, -0.2) is 9.38 Å². The molecule has 0 saturated carbocycles. The fourth-order valence-corrected chi connectivity index (χ4v) is 5.96. The fourth-order valence-electron chi connectivity index (χ4n) is 3.68. The van der Waals surface area contributed by atoms with E-state index in [1.807, 2.05) is 4.40 Å². The smallest absolute Gasteiger partial charge is 0.316 e. The lowest BCUT2D eigenvalue weighted by atomic mass is 9.87. The van der Waals surface area contributed by atoms with Crippen LogP contribution in [0.5, 0.6) is 0 Å². The predicted octanol–water partition coefficient (Wildman–Crippen LogP) is 2.69. The van der Waals surface area contributed by atoms with Gasteiger partial charge in [0.2, 0.25) is 0 Å². The van der Waals surface area contributed by atoms with Gasteiger partial charge >= 0.3 is 5.97 Å². The number of hydrogen-bond donors (Lipinski definition) is 0. The number of aryl methyl sites for hydroxylation is 1. The third kappa shape index (κ3) is 2.18. The van der Waals surface area contributed by atoms with Crippen LogP contribution in [0.4, 0.5) is 0 Å². The summed E-state index contributed by atoms with van der Waals surface area (Å²) in [4.78, 5) is 18.6. The Morgan fingerprint density at radius 2 is 2.35 bits per heavy atom. The summed E-state index contributed by atoms with van der Waals surface area (Å²) in [6.45, 7) is 2.28. The highest BCUT2D eigenvalue weighted by Crippen LogP contribution is 2.44. The molecule has 0 unspecified atom stereocenters. The molecule has 0 saturated heterocycles. The van der Waals surface area contributed by atoms with Crippen LogP contribution in [0, 0.1) is 0 Å². The molecule has 1 aliphatic carbocycles. The first kappa shape index (κ1) is 16.0. The number of ether oxygens (including phenoxy) is 1. The summed E-state index contributed by atoms with van der Waals surface area (Å²) >= 11 is 3.10. The zero-order valence-electron chi connectivity index (χ0n) is 14.3. The number of hydrogen-bond acceptors (Lipinski definition) is 8. The van der Waals surface area contributed by atoms with Crippen LogP contribution in [-0.4, -0.2) is 48.0 Å². The molecule has 0 N–H and O–H groups in total. The lowest BCUT2D eigenvalue weighted by molar-refractivity contribution is -0.137. The van der Waals surface area contributed by atoms with Crippen molar-refractivity contribution in [1.82, 2.24) is 29.2 Å². The number of thioether (sulfide) groups is 1. The van der Waals surface area contributed by atoms with Crippen LogP contribution in [0.15, 0.2) is 11.5 Å². The Labute approximate surface area is 156 Å². The van der Waals surface area contributed by atoms with Crippen LogP contribution in [0.3, 0.4) is 0 Å². The number of carbonyl (C=O) groups excluding carboxylic acids is 1. The minimum Gasteiger partial charge on any atom is -0.468 e. The molecule has 4 aromatic rings. The molecule has 0 aliphatic heterocycles. The van der Waals surface area contributed by atoms with Crippen LogP contribution in [-0.2, 0) is 16.0 Å². The molecular weight excluding hydrogens is 372 g/mol. The maximum absolute atomic E-state index is 11.6. The summed E-state index contributed by atoms with van der Waals surface area (Å²) in [5.41, 5.74) is 2.21. The fraction of sp³-hybridized carbons (Fsp3) is 0.438. The van der Waals surface area contributed by atoms with E-state index in [2.05, 4.69) is 27.2 Å². The Bertz CT molecular complexity index is 1160. The highest BCUT2D eigenvalue weighted by molar-refractivity contribution is 7.99. The van der Waals surface area contributed by atoms with Crippen molar-refractivity contribution in [3.8, 4) is 0 Å². The van der Waals surface area contributed by atoms with Gasteiger partial charge in [0.25, 0.3) is 5.78 Å². The van der Waals surface area contributed by atoms with Crippen molar-refractivity contribution in [2.45, 2.75) is 37.3 Å². The van der Waals surface area contributed by atoms with E-state index in [4.69, 9.17) is 4.74 Å². The summed E-state index contributed by atoms with van der Waals surface area (Å²) in [6.07, 6.45) is 5.04. The Hall–Kier alpha value is -2.20. The van der Waals surface area contributed by atoms with E-state index in [1.54, 1.807) is 22.2 Å². The van der Waals surface area contributed by atoms with Crippen molar-refractivity contribution >= 4 is 50.7 Å². The molecule has 8 nitrogen and oxygen atoms in total. The van der Waals surface area contributed by atoms with Gasteiger partial charge in [-0.15, -0.1) is 21.5 Å². The molecule has 26 heavy (non-hydrogen) atoms. The Kier molecular flexibility index (Phi) is 3.64. The van der Waals surface area contributed by atoms with Gasteiger partial charge in [-0.3, -0.25) is 4.79 Å². The molecule has 10 heteroatoms. The van der Waals surface area contributed by atoms with Crippen LogP contribution in [0.2, 0.25) is 0 Å². The number of methoxy groups -OCH3 is 1. The number of carbonyl (C=O) groups is 1. The topological polar surface area (TPSA) is 86.7 Å². The SMILES string of the molecule is COC(=O)CSc1nnc2n3ncnc3c3c4c(sc3n12)CCC[C@H]4C. The molecule has 1 aliphatic rings. The molecule has 0 spiro atoms. The zero-order valence-corrected chi connectivity index (χ0v) is 15.9. The number of fused-ring (bicyclic) bond motifs is 8. The number of thiophene rings is 1. The van der Waals surface area contributed by atoms with Gasteiger partial charge < -0.3 is 4.74 Å². The molecular formula is C16H16N6O2S2. The monoisotopic (exact) mass is 388 g/mol. The van der Waals surface area contributed by atoms with E-state index in [9.17, 15) is 4.79 Å². The van der Waals surface area contributed by atoms with Gasteiger partial charge in [0.15, 0.2) is 10.8 Å². The first-order valence-corrected chi connectivity index (χ1v) is 10.2. The van der Waals surface area contributed by atoms with Crippen LogP contribution in [0.25, 0.3) is 21.6 Å². The van der Waals surface area contributed by atoms with E-state index in [0.717, 1.165) is 22.3 Å². The lowest BCUT2D eigenvalue weighted by Crippen LogP contribution is -2.06.